The topological polar surface area (TPSA) is 46.2 Å². The van der Waals surface area contributed by atoms with Gasteiger partial charge in [0.1, 0.15) is 6.04 Å². The summed E-state index contributed by atoms with van der Waals surface area (Å²) in [6.45, 7) is 1.97. The lowest BCUT2D eigenvalue weighted by molar-refractivity contribution is 0.0856. The number of carbonyl (C=O) groups excluding carboxylic acids is 2. The highest BCUT2D eigenvalue weighted by Gasteiger charge is 2.25. The Balaban J connectivity index is 1.94. The van der Waals surface area contributed by atoms with E-state index in [1.54, 1.807) is 30.3 Å². The summed E-state index contributed by atoms with van der Waals surface area (Å²) in [6.07, 6.45) is 0. The van der Waals surface area contributed by atoms with E-state index in [0.29, 0.717) is 15.6 Å². The van der Waals surface area contributed by atoms with Crippen molar-refractivity contribution in [3.8, 4) is 0 Å². The van der Waals surface area contributed by atoms with Gasteiger partial charge in [-0.1, -0.05) is 72.3 Å². The lowest BCUT2D eigenvalue weighted by atomic mass is 9.96. The average Bonchev–Trinajstić information content (AvgIpc) is 2.67. The highest BCUT2D eigenvalue weighted by atomic mass is 79.9. The molecule has 1 N–H and O–H groups in total. The fraction of sp³-hybridized carbons (Fsp3) is 0.0909. The minimum atomic E-state index is -0.751. The third-order valence-electron chi connectivity index (χ3n) is 4.13. The highest BCUT2D eigenvalue weighted by Crippen LogP contribution is 2.22. The third-order valence-corrected chi connectivity index (χ3v) is 4.82. The van der Waals surface area contributed by atoms with Gasteiger partial charge in [0.2, 0.25) is 0 Å². The smallest absolute Gasteiger partial charge is 0.253 e. The second kappa shape index (κ2) is 8.11. The molecule has 3 nitrogen and oxygen atoms in total. The van der Waals surface area contributed by atoms with Gasteiger partial charge in [-0.05, 0) is 40.5 Å². The van der Waals surface area contributed by atoms with E-state index in [9.17, 15) is 9.59 Å². The number of halogens is 1. The third kappa shape index (κ3) is 4.09. The molecule has 0 spiro atoms. The van der Waals surface area contributed by atoms with Crippen LogP contribution in [0.2, 0.25) is 0 Å². The van der Waals surface area contributed by atoms with Crippen molar-refractivity contribution in [1.29, 1.82) is 0 Å². The van der Waals surface area contributed by atoms with Crippen LogP contribution in [-0.4, -0.2) is 11.7 Å². The molecular formula is C22H18BrNO2. The zero-order valence-electron chi connectivity index (χ0n) is 14.3. The maximum Gasteiger partial charge on any atom is 0.253 e. The van der Waals surface area contributed by atoms with Crippen molar-refractivity contribution >= 4 is 27.6 Å². The number of rotatable bonds is 5. The molecule has 0 fully saturated rings. The van der Waals surface area contributed by atoms with Crippen LogP contribution in [0.3, 0.4) is 0 Å². The van der Waals surface area contributed by atoms with Crippen LogP contribution >= 0.6 is 15.9 Å². The summed E-state index contributed by atoms with van der Waals surface area (Å²) in [4.78, 5) is 25.8. The fourth-order valence-corrected chi connectivity index (χ4v) is 3.15. The standard InChI is InChI=1S/C22H18BrNO2/c1-15-11-13-17(14-12-15)21(25)20(16-7-3-2-4-8-16)24-22(26)18-9-5-6-10-19(18)23/h2-14,20H,1H3,(H,24,26). The van der Waals surface area contributed by atoms with Gasteiger partial charge in [-0.2, -0.15) is 0 Å². The van der Waals surface area contributed by atoms with Crippen molar-refractivity contribution in [3.63, 3.8) is 0 Å². The van der Waals surface area contributed by atoms with Crippen LogP contribution in [0.5, 0.6) is 0 Å². The summed E-state index contributed by atoms with van der Waals surface area (Å²) < 4.78 is 0.687. The summed E-state index contributed by atoms with van der Waals surface area (Å²) in [7, 11) is 0. The van der Waals surface area contributed by atoms with Gasteiger partial charge in [0.05, 0.1) is 5.56 Å². The first-order chi connectivity index (χ1) is 12.6. The van der Waals surface area contributed by atoms with Gasteiger partial charge in [-0.25, -0.2) is 0 Å². The molecule has 0 saturated heterocycles. The van der Waals surface area contributed by atoms with Crippen molar-refractivity contribution < 1.29 is 9.59 Å². The van der Waals surface area contributed by atoms with Gasteiger partial charge in [0.25, 0.3) is 5.91 Å². The maximum atomic E-state index is 13.1. The van der Waals surface area contributed by atoms with E-state index in [1.165, 1.54) is 0 Å². The van der Waals surface area contributed by atoms with E-state index in [0.717, 1.165) is 11.1 Å². The summed E-state index contributed by atoms with van der Waals surface area (Å²) in [6, 6.07) is 23.0. The van der Waals surface area contributed by atoms with Gasteiger partial charge in [0.15, 0.2) is 5.78 Å². The van der Waals surface area contributed by atoms with Crippen LogP contribution in [0.15, 0.2) is 83.3 Å². The molecule has 1 unspecified atom stereocenters. The largest absolute Gasteiger partial charge is 0.338 e. The summed E-state index contributed by atoms with van der Waals surface area (Å²) in [5, 5.41) is 2.88. The number of benzene rings is 3. The Bertz CT molecular complexity index is 920. The Hall–Kier alpha value is -2.72. The van der Waals surface area contributed by atoms with Gasteiger partial charge >= 0.3 is 0 Å². The molecule has 1 amide bonds. The number of nitrogens with one attached hydrogen (secondary N) is 1. The summed E-state index contributed by atoms with van der Waals surface area (Å²) in [5.41, 5.74) is 2.88. The van der Waals surface area contributed by atoms with Crippen molar-refractivity contribution in [2.24, 2.45) is 0 Å². The Kier molecular flexibility index (Phi) is 5.64. The van der Waals surface area contributed by atoms with Crippen LogP contribution in [0.4, 0.5) is 0 Å². The molecule has 0 aliphatic heterocycles. The minimum Gasteiger partial charge on any atom is -0.338 e. The number of ketones is 1. The SMILES string of the molecule is Cc1ccc(C(=O)C(NC(=O)c2ccccc2Br)c2ccccc2)cc1. The molecule has 3 aromatic carbocycles. The van der Waals surface area contributed by atoms with E-state index in [-0.39, 0.29) is 11.7 Å². The molecule has 0 aliphatic carbocycles. The summed E-state index contributed by atoms with van der Waals surface area (Å²) >= 11 is 3.39. The maximum absolute atomic E-state index is 13.1. The Morgan fingerprint density at radius 1 is 0.846 bits per heavy atom. The highest BCUT2D eigenvalue weighted by molar-refractivity contribution is 9.10. The molecule has 0 bridgehead atoms. The number of aryl methyl sites for hydroxylation is 1. The van der Waals surface area contributed by atoms with Crippen LogP contribution in [-0.2, 0) is 0 Å². The van der Waals surface area contributed by atoms with Crippen molar-refractivity contribution in [3.05, 3.63) is 106 Å². The van der Waals surface area contributed by atoms with Crippen LogP contribution in [0.1, 0.15) is 37.9 Å². The lowest BCUT2D eigenvalue weighted by Crippen LogP contribution is -2.34. The molecular weight excluding hydrogens is 390 g/mol. The monoisotopic (exact) mass is 407 g/mol. The predicted octanol–water partition coefficient (Wildman–Crippen LogP) is 5.11. The van der Waals surface area contributed by atoms with Crippen LogP contribution in [0.25, 0.3) is 0 Å². The molecule has 0 radical (unpaired) electrons. The molecule has 26 heavy (non-hydrogen) atoms. The van der Waals surface area contributed by atoms with E-state index >= 15 is 0 Å². The van der Waals surface area contributed by atoms with E-state index in [1.807, 2.05) is 55.5 Å². The second-order valence-corrected chi connectivity index (χ2v) is 6.88. The van der Waals surface area contributed by atoms with E-state index < -0.39 is 6.04 Å². The number of hydrogen-bond donors (Lipinski definition) is 1. The molecule has 3 aromatic rings. The van der Waals surface area contributed by atoms with Crippen molar-refractivity contribution in [2.45, 2.75) is 13.0 Å². The zero-order chi connectivity index (χ0) is 18.5. The molecule has 4 heteroatoms. The molecule has 0 aromatic heterocycles. The lowest BCUT2D eigenvalue weighted by Gasteiger charge is -2.19. The molecule has 1 atom stereocenters. The van der Waals surface area contributed by atoms with Crippen molar-refractivity contribution in [1.82, 2.24) is 5.32 Å². The number of hydrogen-bond acceptors (Lipinski definition) is 2. The first-order valence-electron chi connectivity index (χ1n) is 8.27. The van der Waals surface area contributed by atoms with Gasteiger partial charge in [-0.3, -0.25) is 9.59 Å². The quantitative estimate of drug-likeness (QED) is 0.597. The normalized spacial score (nSPS) is 11.6. The predicted molar refractivity (Wildman–Crippen MR) is 106 cm³/mol. The number of amides is 1. The Morgan fingerprint density at radius 3 is 2.12 bits per heavy atom. The Morgan fingerprint density at radius 2 is 1.46 bits per heavy atom. The van der Waals surface area contributed by atoms with Crippen LogP contribution < -0.4 is 5.32 Å². The second-order valence-electron chi connectivity index (χ2n) is 6.03. The molecule has 3 rings (SSSR count). The molecule has 130 valence electrons. The van der Waals surface area contributed by atoms with Gasteiger partial charge < -0.3 is 5.32 Å². The minimum absolute atomic E-state index is 0.142. The van der Waals surface area contributed by atoms with Gasteiger partial charge in [0, 0.05) is 10.0 Å². The first-order valence-corrected chi connectivity index (χ1v) is 9.07. The van der Waals surface area contributed by atoms with Gasteiger partial charge in [-0.15, -0.1) is 0 Å². The summed E-state index contributed by atoms with van der Waals surface area (Å²) in [5.74, 6) is -0.441. The number of Topliss-reactive ketones (excluding diaryl/α,β-unsaturated/α-hetero) is 1. The fourth-order valence-electron chi connectivity index (χ4n) is 2.68. The molecule has 0 heterocycles. The number of carbonyl (C=O) groups is 2. The van der Waals surface area contributed by atoms with Crippen molar-refractivity contribution in [2.75, 3.05) is 0 Å². The molecule has 0 saturated carbocycles. The molecule has 0 aliphatic rings. The Labute approximate surface area is 161 Å². The average molecular weight is 408 g/mol. The van der Waals surface area contributed by atoms with E-state index in [2.05, 4.69) is 21.2 Å². The zero-order valence-corrected chi connectivity index (χ0v) is 15.9. The first kappa shape index (κ1) is 18.1. The van der Waals surface area contributed by atoms with E-state index in [4.69, 9.17) is 0 Å². The van der Waals surface area contributed by atoms with Crippen LogP contribution in [0, 0.1) is 6.92 Å².